The molecule has 0 saturated carbocycles. The van der Waals surface area contributed by atoms with Crippen molar-refractivity contribution in [1.82, 2.24) is 0 Å². The van der Waals surface area contributed by atoms with Gasteiger partial charge in [0.05, 0.1) is 12.7 Å². The average Bonchev–Trinajstić information content (AvgIpc) is 2.45. The number of hydrogen-bond donors (Lipinski definition) is 0. The molecule has 0 radical (unpaired) electrons. The topological polar surface area (TPSA) is 18.5 Å². The van der Waals surface area contributed by atoms with Crippen molar-refractivity contribution >= 4 is 15.9 Å². The van der Waals surface area contributed by atoms with Crippen molar-refractivity contribution in [3.05, 3.63) is 58.1 Å². The fourth-order valence-corrected chi connectivity index (χ4v) is 2.17. The predicted octanol–water partition coefficient (Wildman–Crippen LogP) is 5.06. The molecule has 0 spiro atoms. The summed E-state index contributed by atoms with van der Waals surface area (Å²) in [4.78, 5) is 0. The smallest absolute Gasteiger partial charge is 0.416 e. The molecule has 0 saturated heterocycles. The van der Waals surface area contributed by atoms with Gasteiger partial charge in [0.1, 0.15) is 18.1 Å². The molecule has 0 aliphatic rings. The Kier molecular flexibility index (Phi) is 4.77. The maximum Gasteiger partial charge on any atom is 0.416 e. The first-order valence-corrected chi connectivity index (χ1v) is 6.82. The van der Waals surface area contributed by atoms with Gasteiger partial charge in [-0.1, -0.05) is 15.9 Å². The third kappa shape index (κ3) is 4.14. The van der Waals surface area contributed by atoms with E-state index in [1.165, 1.54) is 12.1 Å². The summed E-state index contributed by atoms with van der Waals surface area (Å²) in [7, 11) is 1.55. The Morgan fingerprint density at radius 3 is 2.29 bits per heavy atom. The van der Waals surface area contributed by atoms with E-state index in [-0.39, 0.29) is 6.61 Å². The van der Waals surface area contributed by atoms with Crippen molar-refractivity contribution in [3.8, 4) is 11.5 Å². The molecule has 2 nitrogen and oxygen atoms in total. The van der Waals surface area contributed by atoms with Gasteiger partial charge in [-0.3, -0.25) is 0 Å². The van der Waals surface area contributed by atoms with Gasteiger partial charge in [-0.2, -0.15) is 13.2 Å². The summed E-state index contributed by atoms with van der Waals surface area (Å²) >= 11 is 3.35. The predicted molar refractivity (Wildman–Crippen MR) is 76.5 cm³/mol. The van der Waals surface area contributed by atoms with Crippen LogP contribution in [0, 0.1) is 0 Å². The minimum absolute atomic E-state index is 0.202. The van der Waals surface area contributed by atoms with Gasteiger partial charge in [-0.25, -0.2) is 0 Å². The number of benzene rings is 2. The lowest BCUT2D eigenvalue weighted by Crippen LogP contribution is -2.04. The van der Waals surface area contributed by atoms with Crippen molar-refractivity contribution in [3.63, 3.8) is 0 Å². The number of methoxy groups -OCH3 is 1. The number of alkyl halides is 3. The zero-order chi connectivity index (χ0) is 15.5. The molecule has 0 heterocycles. The SMILES string of the molecule is COc1ccc(Br)cc1COc1ccc(C(F)(F)F)cc1. The summed E-state index contributed by atoms with van der Waals surface area (Å²) in [5.41, 5.74) is 0.0988. The summed E-state index contributed by atoms with van der Waals surface area (Å²) in [6, 6.07) is 10.0. The fourth-order valence-electron chi connectivity index (χ4n) is 1.76. The van der Waals surface area contributed by atoms with E-state index >= 15 is 0 Å². The van der Waals surface area contributed by atoms with Crippen LogP contribution in [0.25, 0.3) is 0 Å². The maximum atomic E-state index is 12.5. The van der Waals surface area contributed by atoms with E-state index in [0.29, 0.717) is 11.5 Å². The van der Waals surface area contributed by atoms with Gasteiger partial charge in [0.25, 0.3) is 0 Å². The molecule has 0 N–H and O–H groups in total. The number of rotatable bonds is 4. The lowest BCUT2D eigenvalue weighted by molar-refractivity contribution is -0.137. The Hall–Kier alpha value is -1.69. The van der Waals surface area contributed by atoms with E-state index in [9.17, 15) is 13.2 Å². The lowest BCUT2D eigenvalue weighted by Gasteiger charge is -2.12. The molecule has 6 heteroatoms. The molecule has 0 bridgehead atoms. The fraction of sp³-hybridized carbons (Fsp3) is 0.200. The van der Waals surface area contributed by atoms with Gasteiger partial charge in [-0.05, 0) is 42.5 Å². The van der Waals surface area contributed by atoms with Crippen molar-refractivity contribution in [2.24, 2.45) is 0 Å². The first-order valence-electron chi connectivity index (χ1n) is 6.02. The van der Waals surface area contributed by atoms with Gasteiger partial charge in [0.15, 0.2) is 0 Å². The summed E-state index contributed by atoms with van der Waals surface area (Å²) in [5.74, 6) is 1.02. The van der Waals surface area contributed by atoms with E-state index in [1.54, 1.807) is 13.2 Å². The summed E-state index contributed by atoms with van der Waals surface area (Å²) in [6.07, 6.45) is -4.34. The number of ether oxygens (including phenoxy) is 2. The van der Waals surface area contributed by atoms with Crippen molar-refractivity contribution in [1.29, 1.82) is 0 Å². The Morgan fingerprint density at radius 2 is 1.71 bits per heavy atom. The van der Waals surface area contributed by atoms with E-state index < -0.39 is 11.7 Å². The Labute approximate surface area is 128 Å². The highest BCUT2D eigenvalue weighted by atomic mass is 79.9. The molecule has 2 aromatic rings. The zero-order valence-corrected chi connectivity index (χ0v) is 12.7. The molecule has 0 unspecified atom stereocenters. The Bertz CT molecular complexity index is 609. The third-order valence-corrected chi connectivity index (χ3v) is 3.31. The number of hydrogen-bond acceptors (Lipinski definition) is 2. The molecular formula is C15H12BrF3O2. The molecule has 21 heavy (non-hydrogen) atoms. The minimum atomic E-state index is -4.34. The number of halogens is 4. The molecule has 2 aromatic carbocycles. The molecule has 0 aliphatic heterocycles. The van der Waals surface area contributed by atoms with Crippen LogP contribution >= 0.6 is 15.9 Å². The third-order valence-electron chi connectivity index (χ3n) is 2.82. The van der Waals surface area contributed by atoms with Gasteiger partial charge >= 0.3 is 6.18 Å². The van der Waals surface area contributed by atoms with Crippen LogP contribution in [0.15, 0.2) is 46.9 Å². The quantitative estimate of drug-likeness (QED) is 0.758. The normalized spacial score (nSPS) is 11.3. The van der Waals surface area contributed by atoms with Gasteiger partial charge < -0.3 is 9.47 Å². The van der Waals surface area contributed by atoms with Crippen LogP contribution in [0.5, 0.6) is 11.5 Å². The molecule has 0 aromatic heterocycles. The molecule has 0 fully saturated rings. The van der Waals surface area contributed by atoms with Crippen LogP contribution in [0.4, 0.5) is 13.2 Å². The molecule has 0 atom stereocenters. The van der Waals surface area contributed by atoms with Crippen molar-refractivity contribution in [2.45, 2.75) is 12.8 Å². The van der Waals surface area contributed by atoms with Crippen LogP contribution in [0.1, 0.15) is 11.1 Å². The van der Waals surface area contributed by atoms with E-state index in [0.717, 1.165) is 22.2 Å². The summed E-state index contributed by atoms with van der Waals surface area (Å²) in [6.45, 7) is 0.202. The Balaban J connectivity index is 2.08. The van der Waals surface area contributed by atoms with Gasteiger partial charge in [0.2, 0.25) is 0 Å². The highest BCUT2D eigenvalue weighted by Gasteiger charge is 2.30. The first kappa shape index (κ1) is 15.7. The molecular weight excluding hydrogens is 349 g/mol. The minimum Gasteiger partial charge on any atom is -0.496 e. The average molecular weight is 361 g/mol. The van der Waals surface area contributed by atoms with Crippen molar-refractivity contribution in [2.75, 3.05) is 7.11 Å². The summed E-state index contributed by atoms with van der Waals surface area (Å²) in [5, 5.41) is 0. The largest absolute Gasteiger partial charge is 0.496 e. The van der Waals surface area contributed by atoms with Crippen LogP contribution < -0.4 is 9.47 Å². The highest BCUT2D eigenvalue weighted by Crippen LogP contribution is 2.31. The molecule has 0 aliphatic carbocycles. The van der Waals surface area contributed by atoms with Gasteiger partial charge in [-0.15, -0.1) is 0 Å². The van der Waals surface area contributed by atoms with Gasteiger partial charge in [0, 0.05) is 10.0 Å². The zero-order valence-electron chi connectivity index (χ0n) is 11.1. The second kappa shape index (κ2) is 6.39. The second-order valence-electron chi connectivity index (χ2n) is 4.27. The highest BCUT2D eigenvalue weighted by molar-refractivity contribution is 9.10. The lowest BCUT2D eigenvalue weighted by atomic mass is 10.2. The summed E-state index contributed by atoms with van der Waals surface area (Å²) < 4.78 is 48.9. The monoisotopic (exact) mass is 360 g/mol. The second-order valence-corrected chi connectivity index (χ2v) is 5.18. The molecule has 2 rings (SSSR count). The van der Waals surface area contributed by atoms with Crippen molar-refractivity contribution < 1.29 is 22.6 Å². The Morgan fingerprint density at radius 1 is 1.05 bits per heavy atom. The van der Waals surface area contributed by atoms with Crippen LogP contribution in [0.3, 0.4) is 0 Å². The standard InChI is InChI=1S/C15H12BrF3O2/c1-20-14-7-4-12(16)8-10(14)9-21-13-5-2-11(3-6-13)15(17,18)19/h2-8H,9H2,1H3. The first-order chi connectivity index (χ1) is 9.90. The van der Waals surface area contributed by atoms with E-state index in [4.69, 9.17) is 9.47 Å². The van der Waals surface area contributed by atoms with Crippen LogP contribution in [-0.4, -0.2) is 7.11 Å². The van der Waals surface area contributed by atoms with E-state index in [2.05, 4.69) is 15.9 Å². The molecule has 0 amide bonds. The van der Waals surface area contributed by atoms with Crippen LogP contribution in [0.2, 0.25) is 0 Å². The molecule has 112 valence electrons. The van der Waals surface area contributed by atoms with E-state index in [1.807, 2.05) is 12.1 Å². The maximum absolute atomic E-state index is 12.5. The van der Waals surface area contributed by atoms with Crippen LogP contribution in [-0.2, 0) is 12.8 Å².